The Kier molecular flexibility index (Phi) is 4.42. The van der Waals surface area contributed by atoms with Gasteiger partial charge in [-0.2, -0.15) is 0 Å². The summed E-state index contributed by atoms with van der Waals surface area (Å²) in [5.74, 6) is -1.56. The minimum Gasteiger partial charge on any atom is -0.480 e. The second-order valence-corrected chi connectivity index (χ2v) is 5.12. The molecule has 0 aromatic heterocycles. The first-order chi connectivity index (χ1) is 9.88. The summed E-state index contributed by atoms with van der Waals surface area (Å²) in [5, 5.41) is 21.2. The summed E-state index contributed by atoms with van der Waals surface area (Å²) in [6.45, 7) is 1.65. The van der Waals surface area contributed by atoms with Crippen molar-refractivity contribution in [3.8, 4) is 0 Å². The number of aliphatic hydroxyl groups excluding tert-OH is 1. The van der Waals surface area contributed by atoms with E-state index in [9.17, 15) is 19.1 Å². The Labute approximate surface area is 121 Å². The zero-order chi connectivity index (χ0) is 15.6. The van der Waals surface area contributed by atoms with E-state index in [1.807, 2.05) is 0 Å². The van der Waals surface area contributed by atoms with Gasteiger partial charge in [-0.05, 0) is 24.6 Å². The van der Waals surface area contributed by atoms with Gasteiger partial charge in [-0.25, -0.2) is 14.0 Å². The number of carbonyl (C=O) groups excluding carboxylic acids is 1. The molecule has 1 unspecified atom stereocenters. The number of β-amino-alcohol motifs (C(OH)–C–C–N with tert-alkyl or cyclic N) is 1. The summed E-state index contributed by atoms with van der Waals surface area (Å²) in [7, 11) is 0. The molecule has 1 fully saturated rings. The number of carbonyl (C=O) groups is 2. The van der Waals surface area contributed by atoms with Crippen molar-refractivity contribution in [1.82, 2.24) is 10.2 Å². The topological polar surface area (TPSA) is 89.9 Å². The molecule has 1 aliphatic heterocycles. The Hall–Kier alpha value is -2.15. The van der Waals surface area contributed by atoms with Crippen LogP contribution < -0.4 is 5.32 Å². The molecule has 0 radical (unpaired) electrons. The number of nitrogens with zero attached hydrogens (tertiary/aromatic N) is 1. The number of halogens is 1. The van der Waals surface area contributed by atoms with E-state index in [1.54, 1.807) is 13.0 Å². The van der Waals surface area contributed by atoms with E-state index in [1.165, 1.54) is 18.2 Å². The normalized spacial score (nSPS) is 22.9. The van der Waals surface area contributed by atoms with Crippen LogP contribution in [-0.2, 0) is 4.79 Å². The number of aliphatic hydroxyl groups is 1. The molecule has 1 heterocycles. The molecule has 0 bridgehead atoms. The van der Waals surface area contributed by atoms with Crippen LogP contribution in [0.5, 0.6) is 0 Å². The summed E-state index contributed by atoms with van der Waals surface area (Å²) in [6, 6.07) is 3.71. The van der Waals surface area contributed by atoms with Crippen LogP contribution in [0.2, 0.25) is 0 Å². The van der Waals surface area contributed by atoms with Crippen LogP contribution in [0.4, 0.5) is 9.18 Å². The lowest BCUT2D eigenvalue weighted by molar-refractivity contribution is -0.141. The van der Waals surface area contributed by atoms with Crippen molar-refractivity contribution in [2.24, 2.45) is 0 Å². The standard InChI is InChI=1S/C14H17FN2O4/c1-8(9-3-2-4-10(15)5-9)16-14(21)17-7-11(18)6-12(17)13(19)20/h2-5,8,11-12,18H,6-7H2,1H3,(H,16,21)(H,19,20)/t8?,11-,12+/m1/s1. The number of urea groups is 1. The number of hydrogen-bond donors (Lipinski definition) is 3. The lowest BCUT2D eigenvalue weighted by atomic mass is 10.1. The number of likely N-dealkylation sites (tertiary alicyclic amines) is 1. The van der Waals surface area contributed by atoms with Crippen LogP contribution in [0, 0.1) is 5.82 Å². The fourth-order valence-electron chi connectivity index (χ4n) is 2.40. The maximum Gasteiger partial charge on any atom is 0.326 e. The number of benzene rings is 1. The quantitative estimate of drug-likeness (QED) is 0.779. The first-order valence-electron chi connectivity index (χ1n) is 6.62. The maximum absolute atomic E-state index is 13.2. The molecule has 21 heavy (non-hydrogen) atoms. The lowest BCUT2D eigenvalue weighted by Gasteiger charge is -2.24. The highest BCUT2D eigenvalue weighted by Crippen LogP contribution is 2.20. The van der Waals surface area contributed by atoms with Gasteiger partial charge in [0, 0.05) is 13.0 Å². The third-order valence-corrected chi connectivity index (χ3v) is 3.51. The first-order valence-corrected chi connectivity index (χ1v) is 6.62. The van der Waals surface area contributed by atoms with Gasteiger partial charge in [0.05, 0.1) is 12.1 Å². The van der Waals surface area contributed by atoms with Crippen molar-refractivity contribution < 1.29 is 24.2 Å². The van der Waals surface area contributed by atoms with Gasteiger partial charge in [0.2, 0.25) is 0 Å². The van der Waals surface area contributed by atoms with Crippen LogP contribution in [-0.4, -0.2) is 45.8 Å². The highest BCUT2D eigenvalue weighted by molar-refractivity contribution is 5.83. The third-order valence-electron chi connectivity index (χ3n) is 3.51. The van der Waals surface area contributed by atoms with Gasteiger partial charge < -0.3 is 20.4 Å². The molecule has 1 aromatic rings. The monoisotopic (exact) mass is 296 g/mol. The fraction of sp³-hybridized carbons (Fsp3) is 0.429. The van der Waals surface area contributed by atoms with Crippen molar-refractivity contribution in [3.05, 3.63) is 35.6 Å². The minimum atomic E-state index is -1.15. The average molecular weight is 296 g/mol. The second-order valence-electron chi connectivity index (χ2n) is 5.12. The van der Waals surface area contributed by atoms with Crippen molar-refractivity contribution in [2.45, 2.75) is 31.5 Å². The van der Waals surface area contributed by atoms with E-state index < -0.39 is 36.0 Å². The number of amides is 2. The van der Waals surface area contributed by atoms with Crippen LogP contribution in [0.15, 0.2) is 24.3 Å². The predicted octanol–water partition coefficient (Wildman–Crippen LogP) is 1.12. The SMILES string of the molecule is CC(NC(=O)N1C[C@H](O)C[C@H]1C(=O)O)c1cccc(F)c1. The molecule has 1 aliphatic rings. The Morgan fingerprint density at radius 2 is 2.19 bits per heavy atom. The number of nitrogens with one attached hydrogen (secondary N) is 1. The summed E-state index contributed by atoms with van der Waals surface area (Å²) in [6.07, 6.45) is -0.835. The predicted molar refractivity (Wildman–Crippen MR) is 72.1 cm³/mol. The number of hydrogen-bond acceptors (Lipinski definition) is 3. The molecule has 2 rings (SSSR count). The number of carboxylic acid groups (broad SMARTS) is 1. The Morgan fingerprint density at radius 1 is 1.48 bits per heavy atom. The Morgan fingerprint density at radius 3 is 2.81 bits per heavy atom. The van der Waals surface area contributed by atoms with Gasteiger partial charge in [-0.3, -0.25) is 0 Å². The highest BCUT2D eigenvalue weighted by atomic mass is 19.1. The van der Waals surface area contributed by atoms with E-state index in [4.69, 9.17) is 5.11 Å². The number of rotatable bonds is 3. The van der Waals surface area contributed by atoms with Gasteiger partial charge in [0.25, 0.3) is 0 Å². The molecule has 114 valence electrons. The smallest absolute Gasteiger partial charge is 0.326 e. The largest absolute Gasteiger partial charge is 0.480 e. The van der Waals surface area contributed by atoms with Crippen molar-refractivity contribution >= 4 is 12.0 Å². The summed E-state index contributed by atoms with van der Waals surface area (Å²) in [4.78, 5) is 24.3. The molecule has 0 aliphatic carbocycles. The van der Waals surface area contributed by atoms with E-state index >= 15 is 0 Å². The minimum absolute atomic E-state index is 0.0110. The van der Waals surface area contributed by atoms with Gasteiger partial charge >= 0.3 is 12.0 Å². The van der Waals surface area contributed by atoms with Gasteiger partial charge in [-0.1, -0.05) is 12.1 Å². The Bertz CT molecular complexity index is 552. The molecule has 2 amide bonds. The van der Waals surface area contributed by atoms with Crippen LogP contribution >= 0.6 is 0 Å². The van der Waals surface area contributed by atoms with Crippen LogP contribution in [0.1, 0.15) is 24.9 Å². The Balaban J connectivity index is 2.05. The third kappa shape index (κ3) is 3.49. The van der Waals surface area contributed by atoms with Gasteiger partial charge in [0.1, 0.15) is 11.9 Å². The second kappa shape index (κ2) is 6.09. The van der Waals surface area contributed by atoms with Crippen LogP contribution in [0.3, 0.4) is 0 Å². The average Bonchev–Trinajstić information content (AvgIpc) is 2.81. The molecule has 7 heteroatoms. The molecule has 1 saturated heterocycles. The van der Waals surface area contributed by atoms with E-state index in [-0.39, 0.29) is 13.0 Å². The highest BCUT2D eigenvalue weighted by Gasteiger charge is 2.39. The molecule has 0 spiro atoms. The number of carboxylic acids is 1. The van der Waals surface area contributed by atoms with E-state index in [0.29, 0.717) is 5.56 Å². The van der Waals surface area contributed by atoms with Crippen LogP contribution in [0.25, 0.3) is 0 Å². The molecular weight excluding hydrogens is 279 g/mol. The summed E-state index contributed by atoms with van der Waals surface area (Å²) >= 11 is 0. The molecule has 0 saturated carbocycles. The maximum atomic E-state index is 13.2. The van der Waals surface area contributed by atoms with Gasteiger partial charge in [-0.15, -0.1) is 0 Å². The van der Waals surface area contributed by atoms with Crippen molar-refractivity contribution in [3.63, 3.8) is 0 Å². The summed E-state index contributed by atoms with van der Waals surface area (Å²) in [5.41, 5.74) is 0.579. The molecular formula is C14H17FN2O4. The molecule has 3 atom stereocenters. The first kappa shape index (κ1) is 15.2. The lowest BCUT2D eigenvalue weighted by Crippen LogP contribution is -2.46. The molecule has 1 aromatic carbocycles. The molecule has 3 N–H and O–H groups in total. The van der Waals surface area contributed by atoms with E-state index in [2.05, 4.69) is 5.32 Å². The molecule has 6 nitrogen and oxygen atoms in total. The zero-order valence-corrected chi connectivity index (χ0v) is 11.5. The van der Waals surface area contributed by atoms with Crippen molar-refractivity contribution in [2.75, 3.05) is 6.54 Å². The summed E-state index contributed by atoms with van der Waals surface area (Å²) < 4.78 is 13.2. The van der Waals surface area contributed by atoms with Gasteiger partial charge in [0.15, 0.2) is 0 Å². The van der Waals surface area contributed by atoms with E-state index in [0.717, 1.165) is 4.90 Å². The fourth-order valence-corrected chi connectivity index (χ4v) is 2.40. The number of aliphatic carboxylic acids is 1. The van der Waals surface area contributed by atoms with Crippen molar-refractivity contribution in [1.29, 1.82) is 0 Å². The zero-order valence-electron chi connectivity index (χ0n) is 11.5.